The van der Waals surface area contributed by atoms with Crippen molar-refractivity contribution in [3.8, 4) is 5.75 Å². The number of hydrogen-bond acceptors (Lipinski definition) is 2. The molecule has 0 saturated heterocycles. The van der Waals surface area contributed by atoms with E-state index in [1.165, 1.54) is 12.1 Å². The lowest BCUT2D eigenvalue weighted by molar-refractivity contribution is -0.274. The first-order valence-electron chi connectivity index (χ1n) is 5.31. The van der Waals surface area contributed by atoms with Gasteiger partial charge in [0, 0.05) is 12.8 Å². The number of carbonyl (C=O) groups excluding carboxylic acids is 1. The average Bonchev–Trinajstić information content (AvgIpc) is 2.63. The zero-order valence-corrected chi connectivity index (χ0v) is 8.96. The van der Waals surface area contributed by atoms with Gasteiger partial charge in [0.05, 0.1) is 0 Å². The first-order valence-corrected chi connectivity index (χ1v) is 5.31. The Balaban J connectivity index is 2.05. The summed E-state index contributed by atoms with van der Waals surface area (Å²) in [7, 11) is 0. The molecule has 1 aromatic carbocycles. The second-order valence-corrected chi connectivity index (χ2v) is 4.10. The van der Waals surface area contributed by atoms with E-state index in [9.17, 15) is 18.0 Å². The third-order valence-electron chi connectivity index (χ3n) is 2.83. The van der Waals surface area contributed by atoms with Gasteiger partial charge >= 0.3 is 6.36 Å². The molecule has 17 heavy (non-hydrogen) atoms. The van der Waals surface area contributed by atoms with E-state index in [0.29, 0.717) is 12.8 Å². The number of Topliss-reactive ketones (excluding diaryl/α,β-unsaturated/α-hetero) is 1. The number of halogens is 3. The molecule has 0 spiro atoms. The molecule has 1 unspecified atom stereocenters. The van der Waals surface area contributed by atoms with Crippen LogP contribution in [0.3, 0.4) is 0 Å². The SMILES string of the molecule is O=C1CCC(c2ccc(OC(F)(F)F)cc2)C1. The predicted molar refractivity (Wildman–Crippen MR) is 54.7 cm³/mol. The molecular formula is C12H11F3O2. The summed E-state index contributed by atoms with van der Waals surface area (Å²) in [6.07, 6.45) is -2.84. The Kier molecular flexibility index (Phi) is 3.09. The Hall–Kier alpha value is -1.52. The molecule has 0 heterocycles. The highest BCUT2D eigenvalue weighted by molar-refractivity contribution is 5.81. The van der Waals surface area contributed by atoms with Crippen LogP contribution in [0, 0.1) is 0 Å². The van der Waals surface area contributed by atoms with E-state index in [4.69, 9.17) is 0 Å². The van der Waals surface area contributed by atoms with Crippen LogP contribution >= 0.6 is 0 Å². The molecule has 1 aromatic rings. The highest BCUT2D eigenvalue weighted by Crippen LogP contribution is 2.33. The fourth-order valence-corrected chi connectivity index (χ4v) is 2.04. The highest BCUT2D eigenvalue weighted by Gasteiger charge is 2.31. The second-order valence-electron chi connectivity index (χ2n) is 4.10. The summed E-state index contributed by atoms with van der Waals surface area (Å²) in [6.45, 7) is 0. The Bertz CT molecular complexity index is 409. The van der Waals surface area contributed by atoms with Gasteiger partial charge in [0.15, 0.2) is 0 Å². The first kappa shape index (κ1) is 12.0. The Morgan fingerprint density at radius 3 is 2.29 bits per heavy atom. The molecule has 92 valence electrons. The van der Waals surface area contributed by atoms with Gasteiger partial charge in [-0.25, -0.2) is 0 Å². The van der Waals surface area contributed by atoms with Gasteiger partial charge in [-0.15, -0.1) is 13.2 Å². The lowest BCUT2D eigenvalue weighted by atomic mass is 9.98. The van der Waals surface area contributed by atoms with Gasteiger partial charge < -0.3 is 4.74 Å². The van der Waals surface area contributed by atoms with E-state index in [2.05, 4.69) is 4.74 Å². The van der Waals surface area contributed by atoms with Crippen LogP contribution in [0.4, 0.5) is 13.2 Å². The van der Waals surface area contributed by atoms with E-state index in [-0.39, 0.29) is 17.5 Å². The molecule has 1 atom stereocenters. The topological polar surface area (TPSA) is 26.3 Å². The zero-order chi connectivity index (χ0) is 12.5. The van der Waals surface area contributed by atoms with Crippen molar-refractivity contribution in [3.05, 3.63) is 29.8 Å². The molecule has 0 radical (unpaired) electrons. The van der Waals surface area contributed by atoms with Gasteiger partial charge in [-0.2, -0.15) is 0 Å². The van der Waals surface area contributed by atoms with E-state index >= 15 is 0 Å². The molecule has 1 aliphatic carbocycles. The maximum atomic E-state index is 11.9. The number of alkyl halides is 3. The number of ether oxygens (including phenoxy) is 1. The van der Waals surface area contributed by atoms with Crippen LogP contribution in [0.15, 0.2) is 24.3 Å². The molecule has 0 amide bonds. The fraction of sp³-hybridized carbons (Fsp3) is 0.417. The molecule has 0 N–H and O–H groups in total. The van der Waals surface area contributed by atoms with Crippen molar-refractivity contribution in [1.82, 2.24) is 0 Å². The molecule has 0 aromatic heterocycles. The van der Waals surface area contributed by atoms with Crippen molar-refractivity contribution in [1.29, 1.82) is 0 Å². The summed E-state index contributed by atoms with van der Waals surface area (Å²) >= 11 is 0. The molecule has 5 heteroatoms. The summed E-state index contributed by atoms with van der Waals surface area (Å²) in [4.78, 5) is 11.1. The number of ketones is 1. The normalized spacial score (nSPS) is 20.6. The van der Waals surface area contributed by atoms with Gasteiger partial charge in [0.25, 0.3) is 0 Å². The summed E-state index contributed by atoms with van der Waals surface area (Å²) in [6, 6.07) is 5.74. The number of hydrogen-bond donors (Lipinski definition) is 0. The number of carbonyl (C=O) groups is 1. The Labute approximate surface area is 96.4 Å². The van der Waals surface area contributed by atoms with Crippen LogP contribution in [0.1, 0.15) is 30.7 Å². The number of benzene rings is 1. The van der Waals surface area contributed by atoms with E-state index < -0.39 is 6.36 Å². The lowest BCUT2D eigenvalue weighted by Crippen LogP contribution is -2.17. The molecule has 0 aliphatic heterocycles. The second kappa shape index (κ2) is 4.39. The van der Waals surface area contributed by atoms with Crippen molar-refractivity contribution in [3.63, 3.8) is 0 Å². The van der Waals surface area contributed by atoms with Crippen LogP contribution in [-0.2, 0) is 4.79 Å². The fourth-order valence-electron chi connectivity index (χ4n) is 2.04. The minimum atomic E-state index is -4.66. The third kappa shape index (κ3) is 3.22. The van der Waals surface area contributed by atoms with Crippen molar-refractivity contribution in [2.45, 2.75) is 31.5 Å². The third-order valence-corrected chi connectivity index (χ3v) is 2.83. The van der Waals surface area contributed by atoms with Crippen molar-refractivity contribution >= 4 is 5.78 Å². The predicted octanol–water partition coefficient (Wildman–Crippen LogP) is 3.42. The van der Waals surface area contributed by atoms with Gasteiger partial charge in [-0.1, -0.05) is 12.1 Å². The molecule has 2 nitrogen and oxygen atoms in total. The maximum absolute atomic E-state index is 11.9. The average molecular weight is 244 g/mol. The van der Waals surface area contributed by atoms with E-state index in [0.717, 1.165) is 12.0 Å². The van der Waals surface area contributed by atoms with Crippen molar-refractivity contribution < 1.29 is 22.7 Å². The minimum Gasteiger partial charge on any atom is -0.406 e. The van der Waals surface area contributed by atoms with Crippen LogP contribution in [-0.4, -0.2) is 12.1 Å². The number of rotatable bonds is 2. The monoisotopic (exact) mass is 244 g/mol. The standard InChI is InChI=1S/C12H11F3O2/c13-12(14,15)17-11-5-2-8(3-6-11)9-1-4-10(16)7-9/h2-3,5-6,9H,1,4,7H2. The quantitative estimate of drug-likeness (QED) is 0.796. The molecule has 1 aliphatic rings. The Morgan fingerprint density at radius 1 is 1.18 bits per heavy atom. The van der Waals surface area contributed by atoms with Crippen molar-refractivity contribution in [2.75, 3.05) is 0 Å². The van der Waals surface area contributed by atoms with Crippen LogP contribution in [0.25, 0.3) is 0 Å². The zero-order valence-electron chi connectivity index (χ0n) is 8.96. The minimum absolute atomic E-state index is 0.141. The summed E-state index contributed by atoms with van der Waals surface area (Å²) in [5.74, 6) is 0.124. The van der Waals surface area contributed by atoms with Crippen molar-refractivity contribution in [2.24, 2.45) is 0 Å². The van der Waals surface area contributed by atoms with Crippen LogP contribution in [0.2, 0.25) is 0 Å². The molecule has 1 fully saturated rings. The van der Waals surface area contributed by atoms with E-state index in [1.807, 2.05) is 0 Å². The van der Waals surface area contributed by atoms with Gasteiger partial charge in [0.2, 0.25) is 0 Å². The van der Waals surface area contributed by atoms with Gasteiger partial charge in [0.1, 0.15) is 11.5 Å². The largest absolute Gasteiger partial charge is 0.573 e. The van der Waals surface area contributed by atoms with Crippen LogP contribution < -0.4 is 4.74 Å². The summed E-state index contributed by atoms with van der Waals surface area (Å²) in [5, 5.41) is 0. The highest BCUT2D eigenvalue weighted by atomic mass is 19.4. The van der Waals surface area contributed by atoms with Crippen LogP contribution in [0.5, 0.6) is 5.75 Å². The smallest absolute Gasteiger partial charge is 0.406 e. The molecular weight excluding hydrogens is 233 g/mol. The van der Waals surface area contributed by atoms with Gasteiger partial charge in [-0.3, -0.25) is 4.79 Å². The van der Waals surface area contributed by atoms with Gasteiger partial charge in [-0.05, 0) is 30.0 Å². The first-order chi connectivity index (χ1) is 7.94. The molecule has 1 saturated carbocycles. The summed E-state index contributed by atoms with van der Waals surface area (Å²) in [5.41, 5.74) is 0.894. The lowest BCUT2D eigenvalue weighted by Gasteiger charge is -2.11. The Morgan fingerprint density at radius 2 is 1.82 bits per heavy atom. The summed E-state index contributed by atoms with van der Waals surface area (Å²) < 4.78 is 39.6. The maximum Gasteiger partial charge on any atom is 0.573 e. The van der Waals surface area contributed by atoms with E-state index in [1.54, 1.807) is 12.1 Å². The molecule has 0 bridgehead atoms. The molecule has 2 rings (SSSR count).